The highest BCUT2D eigenvalue weighted by atomic mass is 35.5. The van der Waals surface area contributed by atoms with Crippen LogP contribution in [0.1, 0.15) is 19.3 Å². The van der Waals surface area contributed by atoms with Gasteiger partial charge in [-0.2, -0.15) is 0 Å². The maximum Gasteiger partial charge on any atom is 0.0535 e. The molecule has 1 N–H and O–H groups in total. The van der Waals surface area contributed by atoms with Crippen LogP contribution < -0.4 is 5.32 Å². The van der Waals surface area contributed by atoms with E-state index in [2.05, 4.69) is 5.32 Å². The highest BCUT2D eigenvalue weighted by Crippen LogP contribution is 2.34. The molecule has 0 amide bonds. The molecule has 11 heavy (non-hydrogen) atoms. The largest absolute Gasteiger partial charge is 0.381 e. The van der Waals surface area contributed by atoms with Crippen molar-refractivity contribution in [3.63, 3.8) is 0 Å². The maximum absolute atomic E-state index is 5.40. The minimum absolute atomic E-state index is 0. The summed E-state index contributed by atoms with van der Waals surface area (Å²) >= 11 is 0. The zero-order valence-corrected chi connectivity index (χ0v) is 7.58. The average molecular weight is 178 g/mol. The summed E-state index contributed by atoms with van der Waals surface area (Å²) in [6.07, 6.45) is 3.99. The van der Waals surface area contributed by atoms with E-state index in [-0.39, 0.29) is 12.4 Å². The first-order valence-electron chi connectivity index (χ1n) is 4.20. The molecule has 2 rings (SSSR count). The standard InChI is InChI=1S/C8H15NO.ClH/c1-2-8(6-9-4-1)3-5-10-7-8;/h9H,1-7H2;1H. The number of halogens is 1. The van der Waals surface area contributed by atoms with Crippen LogP contribution in [0.2, 0.25) is 0 Å². The Morgan fingerprint density at radius 3 is 2.73 bits per heavy atom. The molecule has 1 unspecified atom stereocenters. The van der Waals surface area contributed by atoms with Crippen molar-refractivity contribution in [3.8, 4) is 0 Å². The van der Waals surface area contributed by atoms with Crippen LogP contribution in [0.25, 0.3) is 0 Å². The second kappa shape index (κ2) is 3.74. The van der Waals surface area contributed by atoms with E-state index < -0.39 is 0 Å². The fourth-order valence-electron chi connectivity index (χ4n) is 2.02. The fourth-order valence-corrected chi connectivity index (χ4v) is 2.02. The Hall–Kier alpha value is 0.210. The molecule has 2 nitrogen and oxygen atoms in total. The van der Waals surface area contributed by atoms with Gasteiger partial charge >= 0.3 is 0 Å². The van der Waals surface area contributed by atoms with E-state index in [1.807, 2.05) is 0 Å². The lowest BCUT2D eigenvalue weighted by molar-refractivity contribution is 0.132. The molecule has 2 saturated heterocycles. The van der Waals surface area contributed by atoms with Crippen LogP contribution in [0.15, 0.2) is 0 Å². The van der Waals surface area contributed by atoms with Crippen molar-refractivity contribution in [2.45, 2.75) is 19.3 Å². The summed E-state index contributed by atoms with van der Waals surface area (Å²) in [6.45, 7) is 4.39. The lowest BCUT2D eigenvalue weighted by atomic mass is 9.80. The minimum Gasteiger partial charge on any atom is -0.381 e. The van der Waals surface area contributed by atoms with E-state index in [4.69, 9.17) is 4.74 Å². The Morgan fingerprint density at radius 1 is 1.27 bits per heavy atom. The van der Waals surface area contributed by atoms with E-state index in [9.17, 15) is 0 Å². The quantitative estimate of drug-likeness (QED) is 0.601. The molecule has 0 aromatic carbocycles. The molecule has 2 aliphatic heterocycles. The lowest BCUT2D eigenvalue weighted by Gasteiger charge is -2.31. The summed E-state index contributed by atoms with van der Waals surface area (Å²) in [5.74, 6) is 0. The van der Waals surface area contributed by atoms with Crippen molar-refractivity contribution in [1.82, 2.24) is 5.32 Å². The van der Waals surface area contributed by atoms with Gasteiger partial charge in [-0.15, -0.1) is 12.4 Å². The first kappa shape index (κ1) is 9.30. The Balaban J connectivity index is 0.000000605. The molecule has 0 radical (unpaired) electrons. The highest BCUT2D eigenvalue weighted by molar-refractivity contribution is 5.85. The number of piperidine rings is 1. The Kier molecular flexibility index (Phi) is 3.16. The second-order valence-corrected chi connectivity index (χ2v) is 3.58. The molecule has 0 saturated carbocycles. The fraction of sp³-hybridized carbons (Fsp3) is 1.00. The Morgan fingerprint density at radius 2 is 2.18 bits per heavy atom. The Labute approximate surface area is 74.1 Å². The first-order chi connectivity index (χ1) is 4.91. The SMILES string of the molecule is C1CNCC2(C1)CCOC2.Cl. The van der Waals surface area contributed by atoms with E-state index >= 15 is 0 Å². The Bertz CT molecular complexity index is 115. The third kappa shape index (κ3) is 1.86. The zero-order valence-electron chi connectivity index (χ0n) is 6.77. The van der Waals surface area contributed by atoms with Gasteiger partial charge in [0.15, 0.2) is 0 Å². The summed E-state index contributed by atoms with van der Waals surface area (Å²) in [5, 5.41) is 3.44. The van der Waals surface area contributed by atoms with Gasteiger partial charge in [-0.25, -0.2) is 0 Å². The number of hydrogen-bond acceptors (Lipinski definition) is 2. The normalized spacial score (nSPS) is 37.1. The third-order valence-corrected chi connectivity index (χ3v) is 2.75. The minimum atomic E-state index is 0. The molecule has 2 heterocycles. The summed E-state index contributed by atoms with van der Waals surface area (Å²) < 4.78 is 5.40. The molecule has 0 aliphatic carbocycles. The molecular formula is C8H16ClNO. The first-order valence-corrected chi connectivity index (χ1v) is 4.20. The molecule has 3 heteroatoms. The van der Waals surface area contributed by atoms with Gasteiger partial charge in [-0.05, 0) is 25.8 Å². The van der Waals surface area contributed by atoms with E-state index in [0.29, 0.717) is 5.41 Å². The van der Waals surface area contributed by atoms with Gasteiger partial charge in [0.25, 0.3) is 0 Å². The molecule has 0 bridgehead atoms. The van der Waals surface area contributed by atoms with Gasteiger partial charge in [0.1, 0.15) is 0 Å². The zero-order chi connectivity index (χ0) is 6.86. The smallest absolute Gasteiger partial charge is 0.0535 e. The predicted octanol–water partition coefficient (Wildman–Crippen LogP) is 1.20. The van der Waals surface area contributed by atoms with Crippen molar-refractivity contribution in [3.05, 3.63) is 0 Å². The van der Waals surface area contributed by atoms with Gasteiger partial charge in [-0.3, -0.25) is 0 Å². The van der Waals surface area contributed by atoms with E-state index in [0.717, 1.165) is 13.2 Å². The molecule has 1 spiro atoms. The van der Waals surface area contributed by atoms with Crippen molar-refractivity contribution >= 4 is 12.4 Å². The molecule has 66 valence electrons. The van der Waals surface area contributed by atoms with Gasteiger partial charge in [0, 0.05) is 18.6 Å². The van der Waals surface area contributed by atoms with Crippen molar-refractivity contribution < 1.29 is 4.74 Å². The molecule has 1 atom stereocenters. The maximum atomic E-state index is 5.40. The van der Waals surface area contributed by atoms with Crippen LogP contribution in [0.5, 0.6) is 0 Å². The van der Waals surface area contributed by atoms with Crippen LogP contribution in [0.3, 0.4) is 0 Å². The number of nitrogens with one attached hydrogen (secondary N) is 1. The van der Waals surface area contributed by atoms with Gasteiger partial charge < -0.3 is 10.1 Å². The van der Waals surface area contributed by atoms with Gasteiger partial charge in [0.2, 0.25) is 0 Å². The van der Waals surface area contributed by atoms with Crippen LogP contribution in [-0.4, -0.2) is 26.3 Å². The van der Waals surface area contributed by atoms with Gasteiger partial charge in [-0.1, -0.05) is 0 Å². The van der Waals surface area contributed by atoms with Crippen molar-refractivity contribution in [1.29, 1.82) is 0 Å². The number of ether oxygens (including phenoxy) is 1. The molecule has 0 aromatic heterocycles. The number of hydrogen-bond donors (Lipinski definition) is 1. The van der Waals surface area contributed by atoms with Crippen LogP contribution in [-0.2, 0) is 4.74 Å². The molecule has 2 aliphatic rings. The van der Waals surface area contributed by atoms with Crippen molar-refractivity contribution in [2.24, 2.45) is 5.41 Å². The molecule has 2 fully saturated rings. The summed E-state index contributed by atoms with van der Waals surface area (Å²) in [5.41, 5.74) is 0.540. The molecule has 0 aromatic rings. The van der Waals surface area contributed by atoms with Crippen molar-refractivity contribution in [2.75, 3.05) is 26.3 Å². The van der Waals surface area contributed by atoms with Gasteiger partial charge in [0.05, 0.1) is 6.61 Å². The average Bonchev–Trinajstić information content (AvgIpc) is 2.39. The van der Waals surface area contributed by atoms with Crippen LogP contribution in [0.4, 0.5) is 0 Å². The van der Waals surface area contributed by atoms with E-state index in [1.54, 1.807) is 0 Å². The van der Waals surface area contributed by atoms with Crippen LogP contribution >= 0.6 is 12.4 Å². The summed E-state index contributed by atoms with van der Waals surface area (Å²) in [7, 11) is 0. The molecular weight excluding hydrogens is 162 g/mol. The van der Waals surface area contributed by atoms with E-state index in [1.165, 1.54) is 32.4 Å². The lowest BCUT2D eigenvalue weighted by Crippen LogP contribution is -2.40. The monoisotopic (exact) mass is 177 g/mol. The highest BCUT2D eigenvalue weighted by Gasteiger charge is 2.35. The third-order valence-electron chi connectivity index (χ3n) is 2.75. The number of rotatable bonds is 0. The predicted molar refractivity (Wildman–Crippen MR) is 47.2 cm³/mol. The topological polar surface area (TPSA) is 21.3 Å². The summed E-state index contributed by atoms with van der Waals surface area (Å²) in [6, 6.07) is 0. The second-order valence-electron chi connectivity index (χ2n) is 3.58. The summed E-state index contributed by atoms with van der Waals surface area (Å²) in [4.78, 5) is 0. The van der Waals surface area contributed by atoms with Crippen LogP contribution in [0, 0.1) is 5.41 Å².